The molecule has 3 aromatic carbocycles. The van der Waals surface area contributed by atoms with Crippen molar-refractivity contribution in [2.24, 2.45) is 0 Å². The zero-order valence-corrected chi connectivity index (χ0v) is 17.1. The third kappa shape index (κ3) is 3.86. The van der Waals surface area contributed by atoms with Crippen molar-refractivity contribution in [3.63, 3.8) is 0 Å². The summed E-state index contributed by atoms with van der Waals surface area (Å²) in [6, 6.07) is 28.0. The molecule has 1 atom stereocenters. The third-order valence-electron chi connectivity index (χ3n) is 5.58. The maximum atomic E-state index is 13.5. The first-order valence-electron chi connectivity index (χ1n) is 10.00. The molecule has 1 N–H and O–H groups in total. The molecule has 0 heterocycles. The van der Waals surface area contributed by atoms with Crippen molar-refractivity contribution in [3.05, 3.63) is 113 Å². The van der Waals surface area contributed by atoms with Gasteiger partial charge in [-0.1, -0.05) is 72.8 Å². The summed E-state index contributed by atoms with van der Waals surface area (Å²) in [5.74, 6) is -0.216. The molecule has 0 amide bonds. The van der Waals surface area contributed by atoms with Gasteiger partial charge in [0.15, 0.2) is 0 Å². The SMILES string of the molecule is COc1ccc([C@H]2CC(c3ccccc3)=C(C#N)C(=O)C2=C(O)c2ccccc2)cc1. The summed E-state index contributed by atoms with van der Waals surface area (Å²) in [6.07, 6.45) is 0.428. The summed E-state index contributed by atoms with van der Waals surface area (Å²) < 4.78 is 5.27. The largest absolute Gasteiger partial charge is 0.507 e. The van der Waals surface area contributed by atoms with Gasteiger partial charge >= 0.3 is 0 Å². The molecule has 0 aromatic heterocycles. The second kappa shape index (κ2) is 8.73. The van der Waals surface area contributed by atoms with E-state index >= 15 is 0 Å². The number of nitriles is 1. The van der Waals surface area contributed by atoms with Crippen LogP contribution in [0.3, 0.4) is 0 Å². The minimum Gasteiger partial charge on any atom is -0.507 e. The molecule has 0 fully saturated rings. The summed E-state index contributed by atoms with van der Waals surface area (Å²) in [6.45, 7) is 0. The van der Waals surface area contributed by atoms with E-state index in [1.807, 2.05) is 60.7 Å². The zero-order valence-electron chi connectivity index (χ0n) is 17.1. The lowest BCUT2D eigenvalue weighted by Gasteiger charge is -2.28. The van der Waals surface area contributed by atoms with Crippen molar-refractivity contribution in [3.8, 4) is 11.8 Å². The van der Waals surface area contributed by atoms with Crippen molar-refractivity contribution in [1.29, 1.82) is 5.26 Å². The van der Waals surface area contributed by atoms with E-state index in [0.29, 0.717) is 23.3 Å². The molecule has 0 unspecified atom stereocenters. The van der Waals surface area contributed by atoms with E-state index in [-0.39, 0.29) is 16.9 Å². The van der Waals surface area contributed by atoms with Gasteiger partial charge in [-0.15, -0.1) is 0 Å². The molecule has 0 aliphatic heterocycles. The van der Waals surface area contributed by atoms with Gasteiger partial charge in [-0.2, -0.15) is 5.26 Å². The topological polar surface area (TPSA) is 70.3 Å². The number of rotatable bonds is 4. The molecule has 0 radical (unpaired) electrons. The number of aliphatic hydroxyl groups excluding tert-OH is 1. The van der Waals surface area contributed by atoms with Gasteiger partial charge in [0, 0.05) is 11.5 Å². The van der Waals surface area contributed by atoms with Crippen molar-refractivity contribution in [2.75, 3.05) is 7.11 Å². The number of hydrogen-bond acceptors (Lipinski definition) is 4. The molecule has 4 heteroatoms. The number of benzene rings is 3. The fraction of sp³-hybridized carbons (Fsp3) is 0.111. The molecule has 31 heavy (non-hydrogen) atoms. The quantitative estimate of drug-likeness (QED) is 0.445. The van der Waals surface area contributed by atoms with E-state index < -0.39 is 11.7 Å². The maximum absolute atomic E-state index is 13.5. The molecule has 4 nitrogen and oxygen atoms in total. The van der Waals surface area contributed by atoms with Crippen molar-refractivity contribution in [1.82, 2.24) is 0 Å². The van der Waals surface area contributed by atoms with Crippen LogP contribution >= 0.6 is 0 Å². The second-order valence-corrected chi connectivity index (χ2v) is 7.32. The lowest BCUT2D eigenvalue weighted by molar-refractivity contribution is -0.112. The van der Waals surface area contributed by atoms with Crippen molar-refractivity contribution in [2.45, 2.75) is 12.3 Å². The molecule has 152 valence electrons. The highest BCUT2D eigenvalue weighted by atomic mass is 16.5. The number of ketones is 1. The Hall–Kier alpha value is -4.10. The summed E-state index contributed by atoms with van der Waals surface area (Å²) in [7, 11) is 1.60. The van der Waals surface area contributed by atoms with E-state index in [9.17, 15) is 15.2 Å². The molecular weight excluding hydrogens is 386 g/mol. The molecule has 1 aliphatic carbocycles. The molecule has 0 saturated carbocycles. The van der Waals surface area contributed by atoms with Gasteiger partial charge in [0.1, 0.15) is 23.2 Å². The normalized spacial score (nSPS) is 17.8. The Balaban J connectivity index is 1.93. The van der Waals surface area contributed by atoms with Crippen LogP contribution in [0.5, 0.6) is 5.75 Å². The van der Waals surface area contributed by atoms with Gasteiger partial charge in [-0.05, 0) is 35.3 Å². The van der Waals surface area contributed by atoms with Crippen LogP contribution in [0.2, 0.25) is 0 Å². The molecule has 0 saturated heterocycles. The monoisotopic (exact) mass is 407 g/mol. The Morgan fingerprint density at radius 1 is 0.968 bits per heavy atom. The number of ether oxygens (including phenoxy) is 1. The van der Waals surface area contributed by atoms with E-state index in [4.69, 9.17) is 4.74 Å². The van der Waals surface area contributed by atoms with Crippen molar-refractivity contribution < 1.29 is 14.6 Å². The summed E-state index contributed by atoms with van der Waals surface area (Å²) in [5, 5.41) is 21.0. The van der Waals surface area contributed by atoms with Crippen LogP contribution in [0.25, 0.3) is 11.3 Å². The van der Waals surface area contributed by atoms with Crippen LogP contribution in [-0.4, -0.2) is 18.0 Å². The molecule has 0 bridgehead atoms. The van der Waals surface area contributed by atoms with Crippen LogP contribution in [0.1, 0.15) is 29.0 Å². The first-order chi connectivity index (χ1) is 15.1. The van der Waals surface area contributed by atoms with E-state index in [2.05, 4.69) is 6.07 Å². The maximum Gasteiger partial charge on any atom is 0.204 e. The number of Topliss-reactive ketones (excluding diaryl/α,β-unsaturated/α-hetero) is 1. The lowest BCUT2D eigenvalue weighted by Crippen LogP contribution is -2.22. The minimum absolute atomic E-state index is 0.0773. The fourth-order valence-electron chi connectivity index (χ4n) is 4.00. The highest BCUT2D eigenvalue weighted by Gasteiger charge is 2.36. The number of carbonyl (C=O) groups is 1. The Labute approximate surface area is 181 Å². The van der Waals surface area contributed by atoms with Gasteiger partial charge in [0.2, 0.25) is 5.78 Å². The first kappa shape index (κ1) is 20.2. The van der Waals surface area contributed by atoms with Gasteiger partial charge in [-0.3, -0.25) is 4.79 Å². The summed E-state index contributed by atoms with van der Waals surface area (Å²) >= 11 is 0. The van der Waals surface area contributed by atoms with Crippen LogP contribution in [0.4, 0.5) is 0 Å². The first-order valence-corrected chi connectivity index (χ1v) is 10.00. The number of allylic oxidation sites excluding steroid dienone is 3. The Morgan fingerprint density at radius 3 is 2.16 bits per heavy atom. The average Bonchev–Trinajstić information content (AvgIpc) is 2.84. The van der Waals surface area contributed by atoms with Gasteiger partial charge in [-0.25, -0.2) is 0 Å². The zero-order chi connectivity index (χ0) is 21.8. The number of aliphatic hydroxyl groups is 1. The highest BCUT2D eigenvalue weighted by Crippen LogP contribution is 2.44. The predicted molar refractivity (Wildman–Crippen MR) is 120 cm³/mol. The Bertz CT molecular complexity index is 1200. The Kier molecular flexibility index (Phi) is 5.68. The van der Waals surface area contributed by atoms with E-state index in [1.165, 1.54) is 0 Å². The van der Waals surface area contributed by atoms with Gasteiger partial charge in [0.25, 0.3) is 0 Å². The summed E-state index contributed by atoms with van der Waals surface area (Å²) in [5.41, 5.74) is 3.27. The lowest BCUT2D eigenvalue weighted by atomic mass is 9.73. The predicted octanol–water partition coefficient (Wildman–Crippen LogP) is 5.70. The number of nitrogens with zero attached hydrogens (tertiary/aromatic N) is 1. The molecule has 0 spiro atoms. The van der Waals surface area contributed by atoms with E-state index in [0.717, 1.165) is 11.1 Å². The third-order valence-corrected chi connectivity index (χ3v) is 5.58. The van der Waals surface area contributed by atoms with E-state index in [1.54, 1.807) is 31.4 Å². The Morgan fingerprint density at radius 2 is 1.58 bits per heavy atom. The number of carbonyl (C=O) groups excluding carboxylic acids is 1. The van der Waals surface area contributed by atoms with Crippen LogP contribution < -0.4 is 4.74 Å². The smallest absolute Gasteiger partial charge is 0.204 e. The number of hydrogen-bond donors (Lipinski definition) is 1. The molecule has 4 rings (SSSR count). The van der Waals surface area contributed by atoms with Crippen LogP contribution in [0.15, 0.2) is 96.1 Å². The molecule has 1 aliphatic rings. The number of methoxy groups -OCH3 is 1. The van der Waals surface area contributed by atoms with Crippen LogP contribution in [0, 0.1) is 11.3 Å². The van der Waals surface area contributed by atoms with Crippen molar-refractivity contribution >= 4 is 17.1 Å². The molecular formula is C27H21NO3. The standard InChI is InChI=1S/C27H21NO3/c1-31-21-14-12-19(13-15-21)23-16-22(18-8-4-2-5-9-18)24(17-28)27(30)25(23)26(29)20-10-6-3-7-11-20/h2-15,23,29H,16H2,1H3/t23-/m1/s1. The summed E-state index contributed by atoms with van der Waals surface area (Å²) in [4.78, 5) is 13.5. The fourth-order valence-corrected chi connectivity index (χ4v) is 4.00. The van der Waals surface area contributed by atoms with Gasteiger partial charge in [0.05, 0.1) is 12.7 Å². The minimum atomic E-state index is -0.435. The highest BCUT2D eigenvalue weighted by molar-refractivity contribution is 6.20. The average molecular weight is 407 g/mol. The van der Waals surface area contributed by atoms with Crippen LogP contribution in [-0.2, 0) is 4.79 Å². The van der Waals surface area contributed by atoms with Gasteiger partial charge < -0.3 is 9.84 Å². The molecule has 3 aromatic rings. The second-order valence-electron chi connectivity index (χ2n) is 7.32.